The highest BCUT2D eigenvalue weighted by Gasteiger charge is 2.23. The number of amides is 2. The van der Waals surface area contributed by atoms with Crippen molar-refractivity contribution in [3.05, 3.63) is 54.1 Å². The summed E-state index contributed by atoms with van der Waals surface area (Å²) in [6, 6.07) is 9.53. The van der Waals surface area contributed by atoms with Crippen molar-refractivity contribution < 1.29 is 23.4 Å². The molecule has 7 heteroatoms. The summed E-state index contributed by atoms with van der Waals surface area (Å²) in [4.78, 5) is 13.7. The molecule has 1 heterocycles. The van der Waals surface area contributed by atoms with Crippen molar-refractivity contribution in [2.45, 2.75) is 6.10 Å². The predicted octanol–water partition coefficient (Wildman–Crippen LogP) is 2.86. The molecular weight excluding hydrogens is 330 g/mol. The van der Waals surface area contributed by atoms with Crippen LogP contribution in [0.2, 0.25) is 0 Å². The summed E-state index contributed by atoms with van der Waals surface area (Å²) < 4.78 is 32.9. The van der Waals surface area contributed by atoms with Crippen molar-refractivity contribution in [3.63, 3.8) is 0 Å². The predicted molar refractivity (Wildman–Crippen MR) is 89.2 cm³/mol. The summed E-state index contributed by atoms with van der Waals surface area (Å²) in [5, 5.41) is 11.7. The normalized spacial score (nSPS) is 17.4. The molecule has 0 saturated carbocycles. The number of aliphatic hydroxyl groups is 1. The number of halogens is 2. The number of carbonyl (C=O) groups excluding carboxylic acids is 1. The third-order valence-corrected chi connectivity index (χ3v) is 3.99. The third-order valence-electron chi connectivity index (χ3n) is 3.99. The minimum absolute atomic E-state index is 0.166. The van der Waals surface area contributed by atoms with Crippen molar-refractivity contribution in [3.8, 4) is 11.1 Å². The Kier molecular flexibility index (Phi) is 5.25. The highest BCUT2D eigenvalue weighted by atomic mass is 19.1. The fourth-order valence-electron chi connectivity index (χ4n) is 2.70. The zero-order chi connectivity index (χ0) is 17.8. The maximum atomic E-state index is 14.3. The Bertz CT molecular complexity index is 770. The second kappa shape index (κ2) is 7.58. The number of nitrogens with one attached hydrogen (secondary N) is 1. The number of ether oxygens (including phenoxy) is 1. The summed E-state index contributed by atoms with van der Waals surface area (Å²) in [6.07, 6.45) is -0.411. The van der Waals surface area contributed by atoms with E-state index in [1.54, 1.807) is 12.1 Å². The van der Waals surface area contributed by atoms with Crippen molar-refractivity contribution in [1.29, 1.82) is 0 Å². The van der Waals surface area contributed by atoms with Crippen molar-refractivity contribution >= 4 is 11.7 Å². The second-order valence-electron chi connectivity index (χ2n) is 5.76. The molecule has 2 aromatic rings. The largest absolute Gasteiger partial charge is 0.394 e. The zero-order valence-electron chi connectivity index (χ0n) is 13.4. The quantitative estimate of drug-likeness (QED) is 0.897. The molecule has 1 unspecified atom stereocenters. The molecule has 1 saturated heterocycles. The van der Waals surface area contributed by atoms with Gasteiger partial charge in [0.25, 0.3) is 0 Å². The van der Waals surface area contributed by atoms with Crippen LogP contribution >= 0.6 is 0 Å². The molecular formula is C18H18F2N2O3. The molecule has 0 spiro atoms. The molecule has 2 aromatic carbocycles. The van der Waals surface area contributed by atoms with Crippen LogP contribution in [-0.4, -0.2) is 48.4 Å². The van der Waals surface area contributed by atoms with Crippen molar-refractivity contribution in [1.82, 2.24) is 4.90 Å². The number of carbonyl (C=O) groups is 1. The average Bonchev–Trinajstić information content (AvgIpc) is 2.62. The molecule has 1 atom stereocenters. The Balaban J connectivity index is 1.71. The fraction of sp³-hybridized carbons (Fsp3) is 0.278. The van der Waals surface area contributed by atoms with Crippen LogP contribution in [0.5, 0.6) is 0 Å². The number of urea groups is 1. The minimum Gasteiger partial charge on any atom is -0.394 e. The van der Waals surface area contributed by atoms with Gasteiger partial charge in [0.1, 0.15) is 11.6 Å². The van der Waals surface area contributed by atoms with Gasteiger partial charge in [0.05, 0.1) is 25.9 Å². The van der Waals surface area contributed by atoms with Crippen molar-refractivity contribution in [2.24, 2.45) is 0 Å². The van der Waals surface area contributed by atoms with Crippen LogP contribution in [0.25, 0.3) is 11.1 Å². The van der Waals surface area contributed by atoms with Crippen LogP contribution in [0, 0.1) is 11.6 Å². The first-order valence-corrected chi connectivity index (χ1v) is 7.90. The third kappa shape index (κ3) is 4.12. The number of anilines is 1. The molecule has 0 bridgehead atoms. The summed E-state index contributed by atoms with van der Waals surface area (Å²) in [7, 11) is 0. The molecule has 1 fully saturated rings. The van der Waals surface area contributed by atoms with E-state index in [0.29, 0.717) is 24.4 Å². The van der Waals surface area contributed by atoms with Gasteiger partial charge in [0, 0.05) is 17.8 Å². The maximum Gasteiger partial charge on any atom is 0.322 e. The van der Waals surface area contributed by atoms with Crippen LogP contribution < -0.4 is 5.32 Å². The van der Waals surface area contributed by atoms with E-state index in [9.17, 15) is 13.6 Å². The zero-order valence-corrected chi connectivity index (χ0v) is 13.4. The van der Waals surface area contributed by atoms with Crippen LogP contribution in [0.3, 0.4) is 0 Å². The van der Waals surface area contributed by atoms with E-state index in [4.69, 9.17) is 9.84 Å². The lowest BCUT2D eigenvalue weighted by molar-refractivity contribution is -0.0388. The molecule has 0 radical (unpaired) electrons. The summed E-state index contributed by atoms with van der Waals surface area (Å²) in [5.74, 6) is -1.00. The van der Waals surface area contributed by atoms with E-state index in [1.807, 2.05) is 0 Å². The van der Waals surface area contributed by atoms with Gasteiger partial charge in [-0.1, -0.05) is 12.1 Å². The summed E-state index contributed by atoms with van der Waals surface area (Å²) in [6.45, 7) is 0.838. The van der Waals surface area contributed by atoms with E-state index >= 15 is 0 Å². The fourth-order valence-corrected chi connectivity index (χ4v) is 2.70. The van der Waals surface area contributed by atoms with E-state index in [2.05, 4.69) is 5.32 Å². The Morgan fingerprint density at radius 2 is 2.12 bits per heavy atom. The molecule has 5 nitrogen and oxygen atoms in total. The van der Waals surface area contributed by atoms with E-state index in [-0.39, 0.29) is 24.7 Å². The minimum atomic E-state index is -0.557. The van der Waals surface area contributed by atoms with E-state index in [0.717, 1.165) is 0 Å². The van der Waals surface area contributed by atoms with Gasteiger partial charge in [-0.15, -0.1) is 0 Å². The number of hydrogen-bond donors (Lipinski definition) is 2. The lowest BCUT2D eigenvalue weighted by Crippen LogP contribution is -2.48. The highest BCUT2D eigenvalue weighted by molar-refractivity contribution is 5.89. The Morgan fingerprint density at radius 1 is 1.28 bits per heavy atom. The van der Waals surface area contributed by atoms with E-state index < -0.39 is 17.7 Å². The van der Waals surface area contributed by atoms with Gasteiger partial charge in [-0.25, -0.2) is 13.6 Å². The van der Waals surface area contributed by atoms with Gasteiger partial charge in [-0.2, -0.15) is 0 Å². The number of morpholine rings is 1. The molecule has 1 aliphatic rings. The first kappa shape index (κ1) is 17.3. The number of aliphatic hydroxyl groups excluding tert-OH is 1. The molecule has 132 valence electrons. The van der Waals surface area contributed by atoms with Gasteiger partial charge in [-0.05, 0) is 35.9 Å². The number of nitrogens with zero attached hydrogens (tertiary/aromatic N) is 1. The Labute approximate surface area is 143 Å². The number of hydrogen-bond acceptors (Lipinski definition) is 3. The highest BCUT2D eigenvalue weighted by Crippen LogP contribution is 2.26. The molecule has 2 amide bonds. The first-order chi connectivity index (χ1) is 12.1. The molecule has 1 aliphatic heterocycles. The molecule has 3 rings (SSSR count). The topological polar surface area (TPSA) is 61.8 Å². The lowest BCUT2D eigenvalue weighted by atomic mass is 10.0. The molecule has 0 aliphatic carbocycles. The van der Waals surface area contributed by atoms with Crippen LogP contribution in [0.15, 0.2) is 42.5 Å². The van der Waals surface area contributed by atoms with Gasteiger partial charge in [0.2, 0.25) is 0 Å². The number of rotatable bonds is 3. The van der Waals surface area contributed by atoms with Gasteiger partial charge in [-0.3, -0.25) is 0 Å². The van der Waals surface area contributed by atoms with Crippen molar-refractivity contribution in [2.75, 3.05) is 31.6 Å². The second-order valence-corrected chi connectivity index (χ2v) is 5.76. The van der Waals surface area contributed by atoms with Gasteiger partial charge >= 0.3 is 6.03 Å². The average molecular weight is 348 g/mol. The number of benzene rings is 2. The summed E-state index contributed by atoms with van der Waals surface area (Å²) >= 11 is 0. The van der Waals surface area contributed by atoms with E-state index in [1.165, 1.54) is 35.2 Å². The van der Waals surface area contributed by atoms with Crippen LogP contribution in [0.1, 0.15) is 0 Å². The SMILES string of the molecule is O=C(Nc1ccc(-c2cccc(F)c2)c(F)c1)N1CCOC(CO)C1. The summed E-state index contributed by atoms with van der Waals surface area (Å²) in [5.41, 5.74) is 0.980. The monoisotopic (exact) mass is 348 g/mol. The first-order valence-electron chi connectivity index (χ1n) is 7.90. The standard InChI is InChI=1S/C18H18F2N2O3/c19-13-3-1-2-12(8-13)16-5-4-14(9-17(16)20)21-18(24)22-6-7-25-15(10-22)11-23/h1-5,8-9,15,23H,6-7,10-11H2,(H,21,24). The molecule has 25 heavy (non-hydrogen) atoms. The molecule has 0 aromatic heterocycles. The maximum absolute atomic E-state index is 14.3. The van der Waals surface area contributed by atoms with Crippen LogP contribution in [-0.2, 0) is 4.74 Å². The Hall–Kier alpha value is -2.51. The van der Waals surface area contributed by atoms with Gasteiger partial charge < -0.3 is 20.1 Å². The lowest BCUT2D eigenvalue weighted by Gasteiger charge is -2.32. The van der Waals surface area contributed by atoms with Crippen LogP contribution in [0.4, 0.5) is 19.3 Å². The Morgan fingerprint density at radius 3 is 2.84 bits per heavy atom. The smallest absolute Gasteiger partial charge is 0.322 e. The molecule has 2 N–H and O–H groups in total. The van der Waals surface area contributed by atoms with Gasteiger partial charge in [0.15, 0.2) is 0 Å².